The number of hydrogen-bond acceptors (Lipinski definition) is 5. The van der Waals surface area contributed by atoms with Crippen molar-refractivity contribution in [2.75, 3.05) is 10.6 Å². The fraction of sp³-hybridized carbons (Fsp3) is 0. The van der Waals surface area contributed by atoms with Gasteiger partial charge in [0, 0.05) is 39.0 Å². The number of carbonyl (C=O) groups is 1. The Morgan fingerprint density at radius 2 is 1.71 bits per heavy atom. The molecule has 0 atom stereocenters. The Bertz CT molecular complexity index is 1080. The molecule has 4 rings (SSSR count). The van der Waals surface area contributed by atoms with Gasteiger partial charge in [0.25, 0.3) is 5.91 Å². The summed E-state index contributed by atoms with van der Waals surface area (Å²) in [7, 11) is 0. The smallest absolute Gasteiger partial charge is 0.255 e. The molecule has 4 aromatic rings. The molecule has 8 heteroatoms. The predicted octanol–water partition coefficient (Wildman–Crippen LogP) is 4.26. The van der Waals surface area contributed by atoms with E-state index >= 15 is 0 Å². The normalized spacial score (nSPS) is 10.5. The van der Waals surface area contributed by atoms with Crippen LogP contribution in [0.5, 0.6) is 0 Å². The fourth-order valence-electron chi connectivity index (χ4n) is 2.54. The summed E-state index contributed by atoms with van der Waals surface area (Å²) in [6, 6.07) is 16.7. The lowest BCUT2D eigenvalue weighted by Crippen LogP contribution is -2.11. The Morgan fingerprint density at radius 1 is 0.964 bits per heavy atom. The first-order chi connectivity index (χ1) is 13.7. The molecule has 138 valence electrons. The molecule has 2 aromatic carbocycles. The van der Waals surface area contributed by atoms with Gasteiger partial charge < -0.3 is 10.6 Å². The van der Waals surface area contributed by atoms with Crippen molar-refractivity contribution in [3.63, 3.8) is 0 Å². The summed E-state index contributed by atoms with van der Waals surface area (Å²) in [5.41, 5.74) is 2.19. The van der Waals surface area contributed by atoms with Gasteiger partial charge in [0.2, 0.25) is 0 Å². The number of rotatable bonds is 5. The lowest BCUT2D eigenvalue weighted by molar-refractivity contribution is 0.102. The zero-order valence-electron chi connectivity index (χ0n) is 14.6. The number of carbonyl (C=O) groups excluding carboxylic acids is 1. The molecule has 0 aliphatic rings. The van der Waals surface area contributed by atoms with Crippen molar-refractivity contribution in [2.45, 2.75) is 0 Å². The van der Waals surface area contributed by atoms with Crippen LogP contribution >= 0.6 is 22.6 Å². The van der Waals surface area contributed by atoms with Crippen LogP contribution < -0.4 is 10.6 Å². The van der Waals surface area contributed by atoms with E-state index in [-0.39, 0.29) is 5.91 Å². The molecule has 0 aliphatic carbocycles. The highest BCUT2D eigenvalue weighted by atomic mass is 127. The second-order valence-electron chi connectivity index (χ2n) is 5.89. The summed E-state index contributed by atoms with van der Waals surface area (Å²) in [6.45, 7) is 0. The van der Waals surface area contributed by atoms with Crippen LogP contribution in [0.3, 0.4) is 0 Å². The number of imidazole rings is 1. The highest BCUT2D eigenvalue weighted by Gasteiger charge is 2.06. The quantitative estimate of drug-likeness (QED) is 0.416. The molecule has 2 aromatic heterocycles. The van der Waals surface area contributed by atoms with Gasteiger partial charge in [-0.2, -0.15) is 0 Å². The first kappa shape index (κ1) is 18.1. The Hall–Kier alpha value is -3.27. The molecule has 0 aliphatic heterocycles. The number of nitrogens with one attached hydrogen (secondary N) is 2. The van der Waals surface area contributed by atoms with E-state index in [0.29, 0.717) is 11.4 Å². The van der Waals surface area contributed by atoms with E-state index in [1.165, 1.54) is 6.33 Å². The van der Waals surface area contributed by atoms with Gasteiger partial charge in [-0.05, 0) is 71.1 Å². The number of anilines is 3. The summed E-state index contributed by atoms with van der Waals surface area (Å²) in [4.78, 5) is 24.8. The molecule has 0 unspecified atom stereocenters. The molecule has 0 radical (unpaired) electrons. The van der Waals surface area contributed by atoms with Gasteiger partial charge in [0.05, 0.1) is 0 Å². The molecule has 2 N–H and O–H groups in total. The lowest BCUT2D eigenvalue weighted by atomic mass is 10.2. The maximum Gasteiger partial charge on any atom is 0.255 e. The number of aromatic nitrogens is 4. The highest BCUT2D eigenvalue weighted by molar-refractivity contribution is 14.1. The van der Waals surface area contributed by atoms with Crippen molar-refractivity contribution >= 4 is 45.7 Å². The van der Waals surface area contributed by atoms with Crippen LogP contribution in [-0.4, -0.2) is 25.4 Å². The first-order valence-corrected chi connectivity index (χ1v) is 9.50. The molecule has 0 saturated heterocycles. The molecular formula is C20H15IN6O. The third-order valence-corrected chi connectivity index (χ3v) is 4.66. The van der Waals surface area contributed by atoms with Gasteiger partial charge in [0.15, 0.2) is 0 Å². The predicted molar refractivity (Wildman–Crippen MR) is 116 cm³/mol. The van der Waals surface area contributed by atoms with E-state index in [2.05, 4.69) is 48.2 Å². The average molecular weight is 482 g/mol. The minimum atomic E-state index is -0.141. The van der Waals surface area contributed by atoms with Crippen molar-refractivity contribution in [2.24, 2.45) is 0 Å². The standard InChI is InChI=1S/C20H15IN6O/c21-15-3-1-14(2-4-15)20(28)26-17-7-5-16(6-8-17)25-18-11-19(24-12-23-18)27-10-9-22-13-27/h1-13H,(H,26,28)(H,23,24,25). The molecule has 0 spiro atoms. The summed E-state index contributed by atoms with van der Waals surface area (Å²) < 4.78 is 2.89. The summed E-state index contributed by atoms with van der Waals surface area (Å²) >= 11 is 2.21. The fourth-order valence-corrected chi connectivity index (χ4v) is 2.90. The number of amides is 1. The van der Waals surface area contributed by atoms with Crippen molar-refractivity contribution in [3.8, 4) is 5.82 Å². The molecule has 1 amide bonds. The molecular weight excluding hydrogens is 467 g/mol. The third kappa shape index (κ3) is 4.34. The number of halogens is 1. The summed E-state index contributed by atoms with van der Waals surface area (Å²) in [6.07, 6.45) is 6.68. The molecule has 0 bridgehead atoms. The van der Waals surface area contributed by atoms with Crippen molar-refractivity contribution in [1.29, 1.82) is 0 Å². The Balaban J connectivity index is 1.43. The van der Waals surface area contributed by atoms with Gasteiger partial charge in [0.1, 0.15) is 24.3 Å². The van der Waals surface area contributed by atoms with Gasteiger partial charge in [-0.3, -0.25) is 9.36 Å². The highest BCUT2D eigenvalue weighted by Crippen LogP contribution is 2.19. The van der Waals surface area contributed by atoms with Crippen LogP contribution in [0.1, 0.15) is 10.4 Å². The summed E-state index contributed by atoms with van der Waals surface area (Å²) in [5, 5.41) is 6.12. The van der Waals surface area contributed by atoms with Gasteiger partial charge >= 0.3 is 0 Å². The van der Waals surface area contributed by atoms with Crippen molar-refractivity contribution < 1.29 is 4.79 Å². The van der Waals surface area contributed by atoms with E-state index < -0.39 is 0 Å². The maximum absolute atomic E-state index is 12.3. The van der Waals surface area contributed by atoms with Gasteiger partial charge in [-0.1, -0.05) is 0 Å². The van der Waals surface area contributed by atoms with E-state index in [9.17, 15) is 4.79 Å². The van der Waals surface area contributed by atoms with Crippen LogP contribution in [-0.2, 0) is 0 Å². The second kappa shape index (κ2) is 8.17. The Morgan fingerprint density at radius 3 is 2.43 bits per heavy atom. The topological polar surface area (TPSA) is 84.7 Å². The van der Waals surface area contributed by atoms with Crippen LogP contribution in [0.2, 0.25) is 0 Å². The van der Waals surface area contributed by atoms with Gasteiger partial charge in [-0.15, -0.1) is 0 Å². The Labute approximate surface area is 175 Å². The Kier molecular flexibility index (Phi) is 5.29. The molecule has 7 nitrogen and oxygen atoms in total. The molecule has 0 saturated carbocycles. The largest absolute Gasteiger partial charge is 0.340 e. The zero-order chi connectivity index (χ0) is 19.3. The van der Waals surface area contributed by atoms with Crippen LogP contribution in [0.15, 0.2) is 79.6 Å². The zero-order valence-corrected chi connectivity index (χ0v) is 16.7. The third-order valence-electron chi connectivity index (χ3n) is 3.94. The SMILES string of the molecule is O=C(Nc1ccc(Nc2cc(-n3ccnc3)ncn2)cc1)c1ccc(I)cc1. The second-order valence-corrected chi connectivity index (χ2v) is 7.14. The molecule has 28 heavy (non-hydrogen) atoms. The van der Waals surface area contributed by atoms with Crippen molar-refractivity contribution in [1.82, 2.24) is 19.5 Å². The van der Waals surface area contributed by atoms with Crippen molar-refractivity contribution in [3.05, 3.63) is 88.8 Å². The van der Waals surface area contributed by atoms with Gasteiger partial charge in [-0.25, -0.2) is 15.0 Å². The van der Waals surface area contributed by atoms with E-state index in [1.54, 1.807) is 29.2 Å². The minimum Gasteiger partial charge on any atom is -0.340 e. The van der Waals surface area contributed by atoms with E-state index in [1.807, 2.05) is 48.7 Å². The molecule has 0 fully saturated rings. The number of nitrogens with zero attached hydrogens (tertiary/aromatic N) is 4. The average Bonchev–Trinajstić information content (AvgIpc) is 3.25. The minimum absolute atomic E-state index is 0.141. The number of benzene rings is 2. The number of hydrogen-bond donors (Lipinski definition) is 2. The first-order valence-electron chi connectivity index (χ1n) is 8.42. The van der Waals surface area contributed by atoms with E-state index in [4.69, 9.17) is 0 Å². The van der Waals surface area contributed by atoms with Crippen LogP contribution in [0.25, 0.3) is 5.82 Å². The summed E-state index contributed by atoms with van der Waals surface area (Å²) in [5.74, 6) is 1.24. The maximum atomic E-state index is 12.3. The van der Waals surface area contributed by atoms with Crippen LogP contribution in [0, 0.1) is 3.57 Å². The lowest BCUT2D eigenvalue weighted by Gasteiger charge is -2.09. The molecule has 2 heterocycles. The van der Waals surface area contributed by atoms with E-state index in [0.717, 1.165) is 20.8 Å². The monoisotopic (exact) mass is 482 g/mol. The van der Waals surface area contributed by atoms with Crippen LogP contribution in [0.4, 0.5) is 17.2 Å².